The van der Waals surface area contributed by atoms with Gasteiger partial charge in [0.1, 0.15) is 17.0 Å². The lowest BCUT2D eigenvalue weighted by molar-refractivity contribution is -0.138. The summed E-state index contributed by atoms with van der Waals surface area (Å²) in [5.74, 6) is -1.09. The van der Waals surface area contributed by atoms with Gasteiger partial charge in [0, 0.05) is 11.9 Å². The number of ether oxygens (including phenoxy) is 1. The van der Waals surface area contributed by atoms with Gasteiger partial charge in [0.2, 0.25) is 5.91 Å². The van der Waals surface area contributed by atoms with Crippen LogP contribution < -0.4 is 15.4 Å². The number of amides is 2. The molecule has 1 saturated carbocycles. The fourth-order valence-electron chi connectivity index (χ4n) is 3.59. The van der Waals surface area contributed by atoms with E-state index in [0.29, 0.717) is 24.1 Å². The zero-order chi connectivity index (χ0) is 26.8. The molecule has 37 heavy (non-hydrogen) atoms. The molecular formula is C26H25F3N4O4. The maximum atomic E-state index is 13.5. The van der Waals surface area contributed by atoms with Crippen LogP contribution in [0.1, 0.15) is 58.7 Å². The van der Waals surface area contributed by atoms with E-state index in [1.54, 1.807) is 19.1 Å². The summed E-state index contributed by atoms with van der Waals surface area (Å²) in [6.07, 6.45) is -2.04. The largest absolute Gasteiger partial charge is 0.455 e. The third-order valence-electron chi connectivity index (χ3n) is 5.96. The Bertz CT molecular complexity index is 1290. The number of carbonyl (C=O) groups is 2. The third-order valence-corrected chi connectivity index (χ3v) is 5.96. The Morgan fingerprint density at radius 1 is 1.11 bits per heavy atom. The van der Waals surface area contributed by atoms with Gasteiger partial charge in [0.05, 0.1) is 35.7 Å². The highest BCUT2D eigenvalue weighted by Gasteiger charge is 2.51. The molecule has 1 aromatic carbocycles. The molecule has 1 fully saturated rings. The van der Waals surface area contributed by atoms with E-state index in [4.69, 9.17) is 4.74 Å². The summed E-state index contributed by atoms with van der Waals surface area (Å²) in [4.78, 5) is 33.4. The molecule has 0 bridgehead atoms. The number of hydrogen-bond donors (Lipinski definition) is 3. The van der Waals surface area contributed by atoms with Crippen LogP contribution in [0.3, 0.4) is 0 Å². The van der Waals surface area contributed by atoms with Crippen LogP contribution >= 0.6 is 0 Å². The van der Waals surface area contributed by atoms with Crippen LogP contribution in [0.4, 0.5) is 13.2 Å². The van der Waals surface area contributed by atoms with Crippen LogP contribution in [0.5, 0.6) is 11.5 Å². The molecular weight excluding hydrogens is 489 g/mol. The number of aromatic nitrogens is 2. The number of aliphatic hydroxyl groups is 1. The molecule has 1 unspecified atom stereocenters. The average molecular weight is 515 g/mol. The number of hydrogen-bond acceptors (Lipinski definition) is 6. The number of nitrogens with zero attached hydrogens (tertiary/aromatic N) is 2. The summed E-state index contributed by atoms with van der Waals surface area (Å²) in [7, 11) is 0. The van der Waals surface area contributed by atoms with Crippen molar-refractivity contribution in [1.82, 2.24) is 20.6 Å². The zero-order valence-electron chi connectivity index (χ0n) is 20.1. The first kappa shape index (κ1) is 26.1. The number of aryl methyl sites for hydroxylation is 1. The number of carbonyl (C=O) groups excluding carboxylic acids is 2. The van der Waals surface area contributed by atoms with Crippen LogP contribution in [-0.4, -0.2) is 32.4 Å². The van der Waals surface area contributed by atoms with E-state index in [9.17, 15) is 27.9 Å². The van der Waals surface area contributed by atoms with Gasteiger partial charge in [-0.25, -0.2) is 0 Å². The first-order chi connectivity index (χ1) is 17.5. The molecule has 4 rings (SSSR count). The molecule has 2 heterocycles. The minimum absolute atomic E-state index is 0.0553. The molecule has 0 radical (unpaired) electrons. The van der Waals surface area contributed by atoms with Gasteiger partial charge in [0.15, 0.2) is 0 Å². The lowest BCUT2D eigenvalue weighted by Crippen LogP contribution is -2.48. The molecule has 1 atom stereocenters. The molecule has 3 N–H and O–H groups in total. The molecule has 1 aliphatic carbocycles. The quantitative estimate of drug-likeness (QED) is 0.415. The van der Waals surface area contributed by atoms with Crippen LogP contribution in [-0.2, 0) is 17.5 Å². The second-order valence-corrected chi connectivity index (χ2v) is 8.92. The molecule has 0 aliphatic heterocycles. The molecule has 8 nitrogen and oxygen atoms in total. The van der Waals surface area contributed by atoms with E-state index < -0.39 is 29.1 Å². The lowest BCUT2D eigenvalue weighted by atomic mass is 10.1. The molecule has 3 aromatic rings. The normalized spacial score (nSPS) is 15.0. The van der Waals surface area contributed by atoms with Crippen molar-refractivity contribution in [2.75, 3.05) is 0 Å². The smallest absolute Gasteiger partial charge is 0.419 e. The predicted molar refractivity (Wildman–Crippen MR) is 127 cm³/mol. The second kappa shape index (κ2) is 10.2. The van der Waals surface area contributed by atoms with Crippen molar-refractivity contribution in [3.05, 3.63) is 82.9 Å². The van der Waals surface area contributed by atoms with Crippen molar-refractivity contribution in [1.29, 1.82) is 0 Å². The lowest BCUT2D eigenvalue weighted by Gasteiger charge is -2.17. The van der Waals surface area contributed by atoms with Crippen LogP contribution in [0, 0.1) is 6.92 Å². The van der Waals surface area contributed by atoms with Crippen LogP contribution in [0.25, 0.3) is 0 Å². The highest BCUT2D eigenvalue weighted by Crippen LogP contribution is 2.39. The molecule has 194 valence electrons. The number of halogens is 3. The van der Waals surface area contributed by atoms with Crippen molar-refractivity contribution in [3.63, 3.8) is 0 Å². The van der Waals surface area contributed by atoms with Crippen molar-refractivity contribution in [3.8, 4) is 11.5 Å². The first-order valence-corrected chi connectivity index (χ1v) is 11.5. The van der Waals surface area contributed by atoms with Gasteiger partial charge in [-0.3, -0.25) is 19.6 Å². The van der Waals surface area contributed by atoms with E-state index in [1.165, 1.54) is 37.5 Å². The summed E-state index contributed by atoms with van der Waals surface area (Å²) in [5, 5.41) is 15.1. The highest BCUT2D eigenvalue weighted by atomic mass is 19.4. The van der Waals surface area contributed by atoms with Gasteiger partial charge in [-0.1, -0.05) is 6.07 Å². The first-order valence-electron chi connectivity index (χ1n) is 11.5. The van der Waals surface area contributed by atoms with Crippen molar-refractivity contribution in [2.45, 2.75) is 51.1 Å². The van der Waals surface area contributed by atoms with Gasteiger partial charge in [0.25, 0.3) is 5.91 Å². The minimum Gasteiger partial charge on any atom is -0.455 e. The fourth-order valence-corrected chi connectivity index (χ4v) is 3.59. The van der Waals surface area contributed by atoms with E-state index in [-0.39, 0.29) is 29.7 Å². The second-order valence-electron chi connectivity index (χ2n) is 8.92. The van der Waals surface area contributed by atoms with E-state index in [0.717, 1.165) is 17.8 Å². The predicted octanol–water partition coefficient (Wildman–Crippen LogP) is 4.23. The summed E-state index contributed by atoms with van der Waals surface area (Å²) < 4.78 is 45.8. The van der Waals surface area contributed by atoms with Crippen LogP contribution in [0.2, 0.25) is 0 Å². The van der Waals surface area contributed by atoms with E-state index in [2.05, 4.69) is 20.6 Å². The Morgan fingerprint density at radius 2 is 1.86 bits per heavy atom. The molecule has 11 heteroatoms. The van der Waals surface area contributed by atoms with Crippen molar-refractivity contribution < 1.29 is 32.6 Å². The fraction of sp³-hybridized carbons (Fsp3) is 0.308. The van der Waals surface area contributed by atoms with Crippen molar-refractivity contribution in [2.24, 2.45) is 0 Å². The number of rotatable bonds is 8. The molecule has 0 saturated heterocycles. The molecule has 1 aliphatic rings. The van der Waals surface area contributed by atoms with Gasteiger partial charge < -0.3 is 20.5 Å². The van der Waals surface area contributed by atoms with Crippen molar-refractivity contribution >= 4 is 11.8 Å². The Balaban J connectivity index is 1.36. The summed E-state index contributed by atoms with van der Waals surface area (Å²) in [6.45, 7) is 3.23. The van der Waals surface area contributed by atoms with Gasteiger partial charge in [-0.05, 0) is 68.7 Å². The maximum Gasteiger partial charge on any atom is 0.419 e. The summed E-state index contributed by atoms with van der Waals surface area (Å²) in [6, 6.07) is 9.66. The molecule has 0 spiro atoms. The minimum atomic E-state index is -4.68. The summed E-state index contributed by atoms with van der Waals surface area (Å²) >= 11 is 0. The van der Waals surface area contributed by atoms with Gasteiger partial charge >= 0.3 is 6.18 Å². The molecule has 2 amide bonds. The van der Waals surface area contributed by atoms with Crippen LogP contribution in [0.15, 0.2) is 54.9 Å². The topological polar surface area (TPSA) is 113 Å². The number of aliphatic hydroxyl groups excluding tert-OH is 1. The number of benzene rings is 1. The standard InChI is InChI=1S/C26H25F3N4O4/c1-15-3-4-18(12-30-15)23(35)33-25(9-10-25)24(36)32-13-19-6-7-20(14-31-19)37-22-8-5-17(16(2)34)11-21(22)26(27,28)29/h3-8,11-12,14,16,34H,9-10,13H2,1-2H3,(H,32,36)(H,33,35). The third kappa shape index (κ3) is 6.23. The molecule has 2 aromatic heterocycles. The number of pyridine rings is 2. The van der Waals surface area contributed by atoms with Gasteiger partial charge in [-0.15, -0.1) is 0 Å². The Morgan fingerprint density at radius 3 is 2.43 bits per heavy atom. The van der Waals surface area contributed by atoms with E-state index in [1.807, 2.05) is 0 Å². The number of nitrogens with one attached hydrogen (secondary N) is 2. The zero-order valence-corrected chi connectivity index (χ0v) is 20.1. The van der Waals surface area contributed by atoms with Gasteiger partial charge in [-0.2, -0.15) is 13.2 Å². The summed E-state index contributed by atoms with van der Waals surface area (Å²) in [5.41, 5.74) is -0.307. The SMILES string of the molecule is Cc1ccc(C(=O)NC2(C(=O)NCc3ccc(Oc4ccc(C(C)O)cc4C(F)(F)F)cn3)CC2)cn1. The monoisotopic (exact) mass is 514 g/mol. The van der Waals surface area contributed by atoms with E-state index >= 15 is 0 Å². The Labute approximate surface area is 210 Å². The average Bonchev–Trinajstić information content (AvgIpc) is 3.64. The highest BCUT2D eigenvalue weighted by molar-refractivity contribution is 6.00. The maximum absolute atomic E-state index is 13.5. The Kier molecular flexibility index (Phi) is 7.17. The Hall–Kier alpha value is -3.99. The number of alkyl halides is 3.